The Hall–Kier alpha value is -2.42. The van der Waals surface area contributed by atoms with Crippen LogP contribution in [0.1, 0.15) is 35.1 Å². The summed E-state index contributed by atoms with van der Waals surface area (Å²) < 4.78 is 2.21. The Kier molecular flexibility index (Phi) is 12.2. The van der Waals surface area contributed by atoms with E-state index < -0.39 is 0 Å². The summed E-state index contributed by atoms with van der Waals surface area (Å²) in [5.41, 5.74) is 11.4. The van der Waals surface area contributed by atoms with Gasteiger partial charge in [0.2, 0.25) is 0 Å². The van der Waals surface area contributed by atoms with Gasteiger partial charge in [-0.15, -0.1) is 24.8 Å². The zero-order chi connectivity index (χ0) is 27.4. The molecule has 0 unspecified atom stereocenters. The van der Waals surface area contributed by atoms with Crippen molar-refractivity contribution >= 4 is 53.7 Å². The Morgan fingerprint density at radius 2 is 1.59 bits per heavy atom. The van der Waals surface area contributed by atoms with E-state index in [2.05, 4.69) is 74.4 Å². The van der Waals surface area contributed by atoms with E-state index in [4.69, 9.17) is 17.3 Å². The SMILES string of the molecule is Cc1c(CN2CCN(c3ccccc3Cl)CC2)cc(C(=O)N2CCN(c3ccccc3)C[C@@H]2C)n1CCCN.Cl.Cl. The molecule has 7 nitrogen and oxygen atoms in total. The zero-order valence-electron chi connectivity index (χ0n) is 24.0. The predicted molar refractivity (Wildman–Crippen MR) is 175 cm³/mol. The zero-order valence-corrected chi connectivity index (χ0v) is 26.4. The maximum Gasteiger partial charge on any atom is 0.270 e. The number of nitrogens with two attached hydrogens (primary N) is 1. The fourth-order valence-electron chi connectivity index (χ4n) is 5.95. The number of amides is 1. The molecule has 224 valence electrons. The lowest BCUT2D eigenvalue weighted by molar-refractivity contribution is 0.0662. The highest BCUT2D eigenvalue weighted by Crippen LogP contribution is 2.28. The highest BCUT2D eigenvalue weighted by molar-refractivity contribution is 6.33. The monoisotopic (exact) mass is 620 g/mol. The number of carbonyl (C=O) groups excluding carboxylic acids is 1. The molecule has 1 aromatic heterocycles. The Morgan fingerprint density at radius 3 is 2.24 bits per heavy atom. The third-order valence-corrected chi connectivity index (χ3v) is 8.56. The predicted octanol–water partition coefficient (Wildman–Crippen LogP) is 5.32. The van der Waals surface area contributed by atoms with Crippen molar-refractivity contribution in [1.29, 1.82) is 0 Å². The maximum absolute atomic E-state index is 13.9. The molecule has 0 radical (unpaired) electrons. The molecule has 10 heteroatoms. The number of benzene rings is 2. The van der Waals surface area contributed by atoms with Gasteiger partial charge in [0.1, 0.15) is 5.69 Å². The first kappa shape index (κ1) is 33.1. The summed E-state index contributed by atoms with van der Waals surface area (Å²) in [6.07, 6.45) is 0.850. The molecular formula is C31H43Cl3N6O. The number of carbonyl (C=O) groups is 1. The molecule has 5 rings (SSSR count). The van der Waals surface area contributed by atoms with Crippen molar-refractivity contribution in [3.63, 3.8) is 0 Å². The van der Waals surface area contributed by atoms with Crippen molar-refractivity contribution in [2.75, 3.05) is 62.2 Å². The van der Waals surface area contributed by atoms with Gasteiger partial charge < -0.3 is 25.0 Å². The highest BCUT2D eigenvalue weighted by atomic mass is 35.5. The van der Waals surface area contributed by atoms with Crippen LogP contribution < -0.4 is 15.5 Å². The number of rotatable bonds is 8. The summed E-state index contributed by atoms with van der Waals surface area (Å²) in [7, 11) is 0. The Labute approximate surface area is 262 Å². The lowest BCUT2D eigenvalue weighted by Crippen LogP contribution is -2.54. The molecule has 2 fully saturated rings. The van der Waals surface area contributed by atoms with Crippen LogP contribution >= 0.6 is 36.4 Å². The molecule has 0 spiro atoms. The molecule has 41 heavy (non-hydrogen) atoms. The van der Waals surface area contributed by atoms with E-state index in [9.17, 15) is 4.79 Å². The van der Waals surface area contributed by atoms with Crippen LogP contribution in [0.2, 0.25) is 5.02 Å². The number of para-hydroxylation sites is 2. The van der Waals surface area contributed by atoms with Gasteiger partial charge in [0.25, 0.3) is 5.91 Å². The van der Waals surface area contributed by atoms with Crippen LogP contribution in [0.5, 0.6) is 0 Å². The van der Waals surface area contributed by atoms with E-state index in [-0.39, 0.29) is 36.8 Å². The van der Waals surface area contributed by atoms with Crippen LogP contribution in [-0.4, -0.2) is 78.7 Å². The fourth-order valence-corrected chi connectivity index (χ4v) is 6.21. The molecule has 0 aliphatic carbocycles. The average molecular weight is 622 g/mol. The number of piperazine rings is 2. The van der Waals surface area contributed by atoms with Gasteiger partial charge in [-0.05, 0) is 62.7 Å². The van der Waals surface area contributed by atoms with Crippen LogP contribution in [0.4, 0.5) is 11.4 Å². The molecule has 0 saturated carbocycles. The molecule has 2 aliphatic rings. The number of aromatic nitrogens is 1. The van der Waals surface area contributed by atoms with Crippen molar-refractivity contribution < 1.29 is 4.79 Å². The Balaban J connectivity index is 0.00000231. The summed E-state index contributed by atoms with van der Waals surface area (Å²) in [5, 5.41) is 0.806. The highest BCUT2D eigenvalue weighted by Gasteiger charge is 2.31. The number of anilines is 2. The first-order valence-corrected chi connectivity index (χ1v) is 14.6. The molecule has 2 saturated heterocycles. The first-order chi connectivity index (χ1) is 19.0. The molecule has 1 amide bonds. The van der Waals surface area contributed by atoms with Crippen LogP contribution in [0, 0.1) is 6.92 Å². The van der Waals surface area contributed by atoms with Crippen LogP contribution in [-0.2, 0) is 13.1 Å². The van der Waals surface area contributed by atoms with Gasteiger partial charge in [-0.2, -0.15) is 0 Å². The second kappa shape index (κ2) is 15.2. The quantitative estimate of drug-likeness (QED) is 0.369. The summed E-state index contributed by atoms with van der Waals surface area (Å²) in [5.74, 6) is 0.130. The lowest BCUT2D eigenvalue weighted by atomic mass is 10.1. The molecule has 0 bridgehead atoms. The number of hydrogen-bond donors (Lipinski definition) is 1. The number of halogens is 3. The summed E-state index contributed by atoms with van der Waals surface area (Å²) in [4.78, 5) is 23.2. The van der Waals surface area contributed by atoms with Gasteiger partial charge in [0.05, 0.1) is 10.7 Å². The topological polar surface area (TPSA) is 61.0 Å². The first-order valence-electron chi connectivity index (χ1n) is 14.2. The molecule has 2 aliphatic heterocycles. The summed E-state index contributed by atoms with van der Waals surface area (Å²) in [6, 6.07) is 20.8. The normalized spacial score (nSPS) is 17.7. The number of nitrogens with zero attached hydrogens (tertiary/aromatic N) is 5. The van der Waals surface area contributed by atoms with Gasteiger partial charge in [0, 0.05) is 76.3 Å². The summed E-state index contributed by atoms with van der Waals surface area (Å²) in [6.45, 7) is 12.7. The van der Waals surface area contributed by atoms with Crippen molar-refractivity contribution in [2.24, 2.45) is 5.73 Å². The Morgan fingerprint density at radius 1 is 0.927 bits per heavy atom. The largest absolute Gasteiger partial charge is 0.368 e. The minimum Gasteiger partial charge on any atom is -0.368 e. The molecule has 3 heterocycles. The van der Waals surface area contributed by atoms with Gasteiger partial charge >= 0.3 is 0 Å². The molecule has 3 aromatic rings. The molecular weight excluding hydrogens is 579 g/mol. The minimum absolute atomic E-state index is 0. The van der Waals surface area contributed by atoms with Crippen LogP contribution in [0.15, 0.2) is 60.7 Å². The van der Waals surface area contributed by atoms with E-state index in [1.54, 1.807) is 0 Å². The molecule has 2 aromatic carbocycles. The van der Waals surface area contributed by atoms with Gasteiger partial charge in [0.15, 0.2) is 0 Å². The van der Waals surface area contributed by atoms with E-state index in [0.29, 0.717) is 6.54 Å². The third kappa shape index (κ3) is 7.51. The van der Waals surface area contributed by atoms with Gasteiger partial charge in [-0.1, -0.05) is 41.9 Å². The molecule has 2 N–H and O–H groups in total. The average Bonchev–Trinajstić information content (AvgIpc) is 3.27. The van der Waals surface area contributed by atoms with E-state index in [1.807, 2.05) is 24.3 Å². The maximum atomic E-state index is 13.9. The summed E-state index contributed by atoms with van der Waals surface area (Å²) >= 11 is 6.44. The third-order valence-electron chi connectivity index (χ3n) is 8.25. The number of hydrogen-bond acceptors (Lipinski definition) is 5. The second-order valence-corrected chi connectivity index (χ2v) is 11.2. The Bertz CT molecular complexity index is 1260. The van der Waals surface area contributed by atoms with E-state index in [1.165, 1.54) is 16.9 Å². The fraction of sp³-hybridized carbons (Fsp3) is 0.452. The van der Waals surface area contributed by atoms with Gasteiger partial charge in [-0.25, -0.2) is 0 Å². The van der Waals surface area contributed by atoms with E-state index in [0.717, 1.165) is 81.7 Å². The van der Waals surface area contributed by atoms with Crippen LogP contribution in [0.25, 0.3) is 0 Å². The minimum atomic E-state index is 0. The van der Waals surface area contributed by atoms with Crippen LogP contribution in [0.3, 0.4) is 0 Å². The van der Waals surface area contributed by atoms with Crippen molar-refractivity contribution in [3.05, 3.63) is 82.6 Å². The van der Waals surface area contributed by atoms with Crippen molar-refractivity contribution in [1.82, 2.24) is 14.4 Å². The smallest absolute Gasteiger partial charge is 0.270 e. The van der Waals surface area contributed by atoms with Crippen molar-refractivity contribution in [2.45, 2.75) is 39.4 Å². The van der Waals surface area contributed by atoms with E-state index >= 15 is 0 Å². The lowest BCUT2D eigenvalue weighted by Gasteiger charge is -2.41. The second-order valence-electron chi connectivity index (χ2n) is 10.8. The van der Waals surface area contributed by atoms with Crippen molar-refractivity contribution in [3.8, 4) is 0 Å². The van der Waals surface area contributed by atoms with Gasteiger partial charge in [-0.3, -0.25) is 9.69 Å². The standard InChI is InChI=1S/C31H41ClN6O.2ClH/c1-24-22-36(27-9-4-3-5-10-27)19-20-37(24)31(39)30-21-26(25(2)38(30)14-8-13-33)23-34-15-17-35(18-16-34)29-12-7-6-11-28(29)32;;/h3-7,9-12,21,24H,8,13-20,22-23,33H2,1-2H3;2*1H/t24-;;/m0../s1. The molecule has 1 atom stereocenters.